The van der Waals surface area contributed by atoms with Crippen LogP contribution in [0.25, 0.3) is 0 Å². The molecule has 0 atom stereocenters. The molecule has 0 aliphatic heterocycles. The van der Waals surface area contributed by atoms with Crippen LogP contribution in [0.2, 0.25) is 33.2 Å². The number of rotatable bonds is 12. The minimum absolute atomic E-state index is 0.583. The summed E-state index contributed by atoms with van der Waals surface area (Å²) >= 11 is 0. The van der Waals surface area contributed by atoms with Gasteiger partial charge in [0.05, 0.1) is 0 Å². The Morgan fingerprint density at radius 3 is 1.13 bits per heavy atom. The van der Waals surface area contributed by atoms with Crippen LogP contribution >= 0.6 is 0 Å². The van der Waals surface area contributed by atoms with Crippen molar-refractivity contribution in [2.75, 3.05) is 0 Å². The molecule has 1 aromatic carbocycles. The van der Waals surface area contributed by atoms with E-state index in [9.17, 15) is 0 Å². The average molecular weight is 467 g/mol. The summed E-state index contributed by atoms with van der Waals surface area (Å²) in [5, 5.41) is 0. The van der Waals surface area contributed by atoms with Crippen molar-refractivity contribution in [1.29, 1.82) is 0 Å². The van der Waals surface area contributed by atoms with Gasteiger partial charge < -0.3 is 8.23 Å². The highest BCUT2D eigenvalue weighted by atomic mass is 28.4. The monoisotopic (exact) mass is 466 g/mol. The predicted molar refractivity (Wildman–Crippen MR) is 142 cm³/mol. The van der Waals surface area contributed by atoms with Crippen molar-refractivity contribution in [2.24, 2.45) is 0 Å². The molecule has 0 amide bonds. The standard InChI is InChI=1S/C25H50O2Si3/c1-19(2)29(20(3)4,21(5)6)26-28(18-25-16-14-13-15-17-25)27-30(22(7)8,23(9)10)24(11)12/h13-17,19-24,28H,18H2,1-12H3. The molecule has 1 aromatic rings. The third kappa shape index (κ3) is 5.97. The summed E-state index contributed by atoms with van der Waals surface area (Å²) in [6, 6.07) is 11.9. The van der Waals surface area contributed by atoms with Crippen LogP contribution in [0.5, 0.6) is 0 Å². The Balaban J connectivity index is 3.47. The molecule has 0 fully saturated rings. The van der Waals surface area contributed by atoms with E-state index in [0.29, 0.717) is 33.2 Å². The van der Waals surface area contributed by atoms with Crippen molar-refractivity contribution in [3.05, 3.63) is 35.9 Å². The largest absolute Gasteiger partial charge is 0.437 e. The van der Waals surface area contributed by atoms with Crippen molar-refractivity contribution in [2.45, 2.75) is 122 Å². The van der Waals surface area contributed by atoms with Gasteiger partial charge in [-0.15, -0.1) is 0 Å². The lowest BCUT2D eigenvalue weighted by molar-refractivity contribution is 0.363. The minimum atomic E-state index is -1.99. The summed E-state index contributed by atoms with van der Waals surface area (Å²) in [6.07, 6.45) is 0. The van der Waals surface area contributed by atoms with E-state index in [-0.39, 0.29) is 0 Å². The molecule has 0 saturated heterocycles. The van der Waals surface area contributed by atoms with E-state index in [1.807, 2.05) is 0 Å². The van der Waals surface area contributed by atoms with Crippen molar-refractivity contribution >= 4 is 25.9 Å². The van der Waals surface area contributed by atoms with E-state index < -0.39 is 25.9 Å². The Morgan fingerprint density at radius 2 is 0.867 bits per heavy atom. The molecular formula is C25H50O2Si3. The molecule has 0 spiro atoms. The quantitative estimate of drug-likeness (QED) is 0.288. The number of benzene rings is 1. The smallest absolute Gasteiger partial charge is 0.305 e. The van der Waals surface area contributed by atoms with Crippen LogP contribution in [0.15, 0.2) is 30.3 Å². The average Bonchev–Trinajstić information content (AvgIpc) is 2.62. The van der Waals surface area contributed by atoms with Crippen molar-refractivity contribution < 1.29 is 8.23 Å². The summed E-state index contributed by atoms with van der Waals surface area (Å²) in [4.78, 5) is 0. The van der Waals surface area contributed by atoms with E-state index in [1.165, 1.54) is 5.56 Å². The van der Waals surface area contributed by atoms with E-state index in [1.54, 1.807) is 0 Å². The van der Waals surface area contributed by atoms with Crippen LogP contribution in [-0.2, 0) is 14.3 Å². The van der Waals surface area contributed by atoms with Crippen LogP contribution < -0.4 is 0 Å². The molecule has 5 heteroatoms. The highest BCUT2D eigenvalue weighted by molar-refractivity contribution is 6.86. The van der Waals surface area contributed by atoms with E-state index >= 15 is 0 Å². The molecular weight excluding hydrogens is 417 g/mol. The molecule has 0 heterocycles. The van der Waals surface area contributed by atoms with Crippen LogP contribution in [0.3, 0.4) is 0 Å². The molecule has 1 rings (SSSR count). The van der Waals surface area contributed by atoms with Gasteiger partial charge in [-0.25, -0.2) is 0 Å². The Hall–Kier alpha value is -0.209. The maximum atomic E-state index is 7.42. The Bertz CT molecular complexity index is 535. The molecule has 0 aliphatic carbocycles. The molecule has 0 aromatic heterocycles. The van der Waals surface area contributed by atoms with Crippen LogP contribution in [-0.4, -0.2) is 25.9 Å². The summed E-state index contributed by atoms with van der Waals surface area (Å²) in [6.45, 7) is 28.6. The summed E-state index contributed by atoms with van der Waals surface area (Å²) in [5.41, 5.74) is 4.87. The van der Waals surface area contributed by atoms with E-state index in [2.05, 4.69) is 113 Å². The van der Waals surface area contributed by atoms with Gasteiger partial charge in [0.1, 0.15) is 0 Å². The topological polar surface area (TPSA) is 18.5 Å². The lowest BCUT2D eigenvalue weighted by atomic mass is 10.2. The second-order valence-electron chi connectivity index (χ2n) is 11.0. The fourth-order valence-corrected chi connectivity index (χ4v) is 26.3. The molecule has 0 aliphatic rings. The van der Waals surface area contributed by atoms with Crippen molar-refractivity contribution in [3.63, 3.8) is 0 Å². The van der Waals surface area contributed by atoms with Crippen LogP contribution in [0, 0.1) is 0 Å². The minimum Gasteiger partial charge on any atom is -0.437 e. The number of hydrogen-bond acceptors (Lipinski definition) is 2. The third-order valence-electron chi connectivity index (χ3n) is 7.33. The van der Waals surface area contributed by atoms with Gasteiger partial charge in [-0.1, -0.05) is 113 Å². The van der Waals surface area contributed by atoms with Gasteiger partial charge in [0.15, 0.2) is 16.6 Å². The lowest BCUT2D eigenvalue weighted by Crippen LogP contribution is -2.58. The second kappa shape index (κ2) is 11.6. The first-order valence-corrected chi connectivity index (χ1v) is 18.3. The van der Waals surface area contributed by atoms with E-state index in [4.69, 9.17) is 8.23 Å². The summed E-state index contributed by atoms with van der Waals surface area (Å²) < 4.78 is 14.8. The first-order valence-electron chi connectivity index (χ1n) is 12.2. The molecule has 0 N–H and O–H groups in total. The van der Waals surface area contributed by atoms with Crippen LogP contribution in [0.4, 0.5) is 0 Å². The second-order valence-corrected chi connectivity index (χ2v) is 24.5. The maximum Gasteiger partial charge on any atom is 0.305 e. The Kier molecular flexibility index (Phi) is 10.8. The highest BCUT2D eigenvalue weighted by Gasteiger charge is 2.51. The van der Waals surface area contributed by atoms with Gasteiger partial charge in [-0.3, -0.25) is 0 Å². The lowest BCUT2D eigenvalue weighted by Gasteiger charge is -2.49. The Labute approximate surface area is 192 Å². The predicted octanol–water partition coefficient (Wildman–Crippen LogP) is 8.37. The molecule has 0 saturated carbocycles. The fraction of sp³-hybridized carbons (Fsp3) is 0.760. The maximum absolute atomic E-state index is 7.42. The van der Waals surface area contributed by atoms with Gasteiger partial charge in [0.25, 0.3) is 0 Å². The molecule has 0 unspecified atom stereocenters. The zero-order valence-corrected chi connectivity index (χ0v) is 25.1. The van der Waals surface area contributed by atoms with Crippen molar-refractivity contribution in [3.8, 4) is 0 Å². The van der Waals surface area contributed by atoms with Crippen LogP contribution in [0.1, 0.15) is 88.6 Å². The SMILES string of the molecule is CC(C)[Si](O[SiH](Cc1ccccc1)O[Si](C(C)C)(C(C)C)C(C)C)(C(C)C)C(C)C. The van der Waals surface area contributed by atoms with Gasteiger partial charge in [-0.05, 0) is 38.8 Å². The van der Waals surface area contributed by atoms with Gasteiger partial charge in [0, 0.05) is 6.04 Å². The molecule has 30 heavy (non-hydrogen) atoms. The molecule has 0 bridgehead atoms. The highest BCUT2D eigenvalue weighted by Crippen LogP contribution is 2.46. The van der Waals surface area contributed by atoms with E-state index in [0.717, 1.165) is 6.04 Å². The number of hydrogen-bond donors (Lipinski definition) is 0. The third-order valence-corrected chi connectivity index (χ3v) is 24.3. The fourth-order valence-electron chi connectivity index (χ4n) is 6.19. The zero-order chi connectivity index (χ0) is 23.3. The first-order chi connectivity index (χ1) is 13.8. The first kappa shape index (κ1) is 27.8. The Morgan fingerprint density at radius 1 is 0.567 bits per heavy atom. The van der Waals surface area contributed by atoms with Gasteiger partial charge >= 0.3 is 9.28 Å². The summed E-state index contributed by atoms with van der Waals surface area (Å²) in [5.74, 6) is 0. The zero-order valence-electron chi connectivity index (χ0n) is 22.0. The van der Waals surface area contributed by atoms with Gasteiger partial charge in [0.2, 0.25) is 0 Å². The van der Waals surface area contributed by atoms with Crippen molar-refractivity contribution in [1.82, 2.24) is 0 Å². The molecule has 2 nitrogen and oxygen atoms in total. The normalized spacial score (nSPS) is 13.8. The summed E-state index contributed by atoms with van der Waals surface area (Å²) in [7, 11) is -5.90. The molecule has 0 radical (unpaired) electrons. The van der Waals surface area contributed by atoms with Gasteiger partial charge in [-0.2, -0.15) is 0 Å². The molecule has 174 valence electrons.